The molecule has 0 bridgehead atoms. The van der Waals surface area contributed by atoms with E-state index in [2.05, 4.69) is 9.47 Å². The first kappa shape index (κ1) is 13.8. The number of carbonyl (C=O) groups excluding carboxylic acids is 2. The number of carbonyl (C=O) groups is 2. The Kier molecular flexibility index (Phi) is 5.76. The van der Waals surface area contributed by atoms with Crippen LogP contribution in [0.4, 0.5) is 0 Å². The third kappa shape index (κ3) is 3.43. The van der Waals surface area contributed by atoms with Crippen LogP contribution in [-0.4, -0.2) is 45.0 Å². The molecule has 0 aliphatic heterocycles. The molecule has 15 heavy (non-hydrogen) atoms. The Balaban J connectivity index is 0.00000196. The molecule has 0 heterocycles. The van der Waals surface area contributed by atoms with Crippen LogP contribution in [0.2, 0.25) is 0 Å². The topological polar surface area (TPSA) is 52.6 Å². The van der Waals surface area contributed by atoms with Crippen molar-refractivity contribution in [3.63, 3.8) is 0 Å². The zero-order valence-electron chi connectivity index (χ0n) is 7.94. The second-order valence-corrected chi connectivity index (χ2v) is 2.56. The molecular weight excluding hydrogens is 191 g/mol. The van der Waals surface area contributed by atoms with Crippen molar-refractivity contribution < 1.29 is 19.1 Å². The average Bonchev–Trinajstić information content (AvgIpc) is 2.27. The van der Waals surface area contributed by atoms with Crippen molar-refractivity contribution in [2.45, 2.75) is 0 Å². The molecule has 1 aromatic carbocycles. The van der Waals surface area contributed by atoms with Gasteiger partial charge in [-0.15, -0.1) is 0 Å². The Morgan fingerprint density at radius 1 is 1.00 bits per heavy atom. The van der Waals surface area contributed by atoms with Crippen LogP contribution in [0, 0.1) is 0 Å². The number of methoxy groups -OCH3 is 2. The second-order valence-electron chi connectivity index (χ2n) is 2.56. The predicted octanol–water partition coefficient (Wildman–Crippen LogP) is 0.611. The van der Waals surface area contributed by atoms with Gasteiger partial charge < -0.3 is 9.47 Å². The van der Waals surface area contributed by atoms with Gasteiger partial charge in [0.2, 0.25) is 0 Å². The first-order chi connectivity index (χ1) is 6.69. The minimum absolute atomic E-state index is 0. The van der Waals surface area contributed by atoms with Gasteiger partial charge in [-0.3, -0.25) is 0 Å². The maximum absolute atomic E-state index is 11.1. The molecule has 0 aliphatic carbocycles. The van der Waals surface area contributed by atoms with Gasteiger partial charge in [0.05, 0.1) is 25.3 Å². The minimum atomic E-state index is -0.476. The van der Waals surface area contributed by atoms with Crippen molar-refractivity contribution in [1.29, 1.82) is 0 Å². The number of esters is 2. The molecule has 0 atom stereocenters. The van der Waals surface area contributed by atoms with Crippen LogP contribution < -0.4 is 0 Å². The number of hydrogen-bond acceptors (Lipinski definition) is 4. The first-order valence-electron chi connectivity index (χ1n) is 3.95. The Hall–Kier alpha value is -1.24. The predicted molar refractivity (Wildman–Crippen MR) is 56.3 cm³/mol. The van der Waals surface area contributed by atoms with Crippen LogP contribution >= 0.6 is 0 Å². The van der Waals surface area contributed by atoms with Gasteiger partial charge in [-0.2, -0.15) is 0 Å². The zero-order valence-corrected chi connectivity index (χ0v) is 7.94. The zero-order chi connectivity index (χ0) is 10.6. The van der Waals surface area contributed by atoms with E-state index in [1.807, 2.05) is 0 Å². The molecule has 0 fully saturated rings. The number of hydrogen-bond donors (Lipinski definition) is 0. The van der Waals surface area contributed by atoms with Crippen LogP contribution in [-0.2, 0) is 9.47 Å². The summed E-state index contributed by atoms with van der Waals surface area (Å²) in [7, 11) is 2.57. The van der Waals surface area contributed by atoms with Crippen molar-refractivity contribution in [3.8, 4) is 0 Å². The molecule has 0 saturated carbocycles. The van der Waals surface area contributed by atoms with E-state index < -0.39 is 11.9 Å². The van der Waals surface area contributed by atoms with Gasteiger partial charge in [-0.1, -0.05) is 6.07 Å². The SMILES string of the molecule is COC(=O)c1cccc(C(=O)OC)c1.[LiH]. The van der Waals surface area contributed by atoms with Crippen LogP contribution in [0.1, 0.15) is 20.7 Å². The van der Waals surface area contributed by atoms with Crippen molar-refractivity contribution in [2.24, 2.45) is 0 Å². The summed E-state index contributed by atoms with van der Waals surface area (Å²) in [6.07, 6.45) is 0. The fourth-order valence-corrected chi connectivity index (χ4v) is 1.01. The van der Waals surface area contributed by atoms with Gasteiger partial charge >= 0.3 is 30.8 Å². The molecule has 0 radical (unpaired) electrons. The average molecular weight is 202 g/mol. The van der Waals surface area contributed by atoms with Gasteiger partial charge in [0.15, 0.2) is 0 Å². The van der Waals surface area contributed by atoms with E-state index >= 15 is 0 Å². The van der Waals surface area contributed by atoms with Gasteiger partial charge in [0, 0.05) is 0 Å². The summed E-state index contributed by atoms with van der Waals surface area (Å²) in [5.41, 5.74) is 0.658. The summed E-state index contributed by atoms with van der Waals surface area (Å²) < 4.78 is 9.03. The van der Waals surface area contributed by atoms with Gasteiger partial charge in [0.1, 0.15) is 0 Å². The van der Waals surface area contributed by atoms with Crippen LogP contribution in [0.5, 0.6) is 0 Å². The molecule has 0 N–H and O–H groups in total. The van der Waals surface area contributed by atoms with Crippen molar-refractivity contribution in [2.75, 3.05) is 14.2 Å². The van der Waals surface area contributed by atoms with E-state index in [1.165, 1.54) is 20.3 Å². The molecule has 0 amide bonds. The standard InChI is InChI=1S/C10H10O4.Li.H/c1-13-9(11)7-4-3-5-8(6-7)10(12)14-2;;/h3-6H,1-2H3;;. The molecule has 5 heteroatoms. The summed E-state index contributed by atoms with van der Waals surface area (Å²) >= 11 is 0. The molecule has 0 aromatic heterocycles. The van der Waals surface area contributed by atoms with Crippen LogP contribution in [0.3, 0.4) is 0 Å². The van der Waals surface area contributed by atoms with E-state index in [-0.39, 0.29) is 18.9 Å². The number of ether oxygens (including phenoxy) is 2. The van der Waals surface area contributed by atoms with E-state index in [0.717, 1.165) is 0 Å². The summed E-state index contributed by atoms with van der Waals surface area (Å²) in [4.78, 5) is 22.2. The molecular formula is C10H11LiO4. The third-order valence-electron chi connectivity index (χ3n) is 1.70. The first-order valence-corrected chi connectivity index (χ1v) is 3.95. The monoisotopic (exact) mass is 202 g/mol. The molecule has 1 aromatic rings. The Bertz CT molecular complexity index is 331. The summed E-state index contributed by atoms with van der Waals surface area (Å²) in [6, 6.07) is 6.16. The van der Waals surface area contributed by atoms with Crippen LogP contribution in [0.25, 0.3) is 0 Å². The quantitative estimate of drug-likeness (QED) is 0.520. The van der Waals surface area contributed by atoms with E-state index in [9.17, 15) is 9.59 Å². The number of rotatable bonds is 2. The van der Waals surface area contributed by atoms with Gasteiger partial charge in [0.25, 0.3) is 0 Å². The molecule has 0 spiro atoms. The molecule has 76 valence electrons. The summed E-state index contributed by atoms with van der Waals surface area (Å²) in [5, 5.41) is 0. The van der Waals surface area contributed by atoms with E-state index in [1.54, 1.807) is 18.2 Å². The fourth-order valence-electron chi connectivity index (χ4n) is 1.01. The van der Waals surface area contributed by atoms with Gasteiger partial charge in [-0.25, -0.2) is 9.59 Å². The Morgan fingerprint density at radius 2 is 1.40 bits per heavy atom. The molecule has 4 nitrogen and oxygen atoms in total. The summed E-state index contributed by atoms with van der Waals surface area (Å²) in [6.45, 7) is 0. The fraction of sp³-hybridized carbons (Fsp3) is 0.200. The van der Waals surface area contributed by atoms with Crippen molar-refractivity contribution >= 4 is 30.8 Å². The number of benzene rings is 1. The molecule has 0 saturated heterocycles. The van der Waals surface area contributed by atoms with E-state index in [4.69, 9.17) is 0 Å². The molecule has 1 rings (SSSR count). The van der Waals surface area contributed by atoms with Crippen LogP contribution in [0.15, 0.2) is 24.3 Å². The molecule has 0 aliphatic rings. The van der Waals surface area contributed by atoms with Crippen molar-refractivity contribution in [3.05, 3.63) is 35.4 Å². The summed E-state index contributed by atoms with van der Waals surface area (Å²) in [5.74, 6) is -0.952. The maximum atomic E-state index is 11.1. The Morgan fingerprint density at radius 3 is 1.73 bits per heavy atom. The second kappa shape index (κ2) is 6.28. The molecule has 0 unspecified atom stereocenters. The van der Waals surface area contributed by atoms with Gasteiger partial charge in [-0.05, 0) is 18.2 Å². The Labute approximate surface area is 99.7 Å². The van der Waals surface area contributed by atoms with Crippen molar-refractivity contribution in [1.82, 2.24) is 0 Å². The van der Waals surface area contributed by atoms with E-state index in [0.29, 0.717) is 11.1 Å². The normalized spacial score (nSPS) is 8.67. The third-order valence-corrected chi connectivity index (χ3v) is 1.70.